The van der Waals surface area contributed by atoms with Gasteiger partial charge in [-0.15, -0.1) is 0 Å². The number of rotatable bonds is 6. The van der Waals surface area contributed by atoms with E-state index in [1.165, 1.54) is 0 Å². The fraction of sp³-hybridized carbons (Fsp3) is 0.417. The van der Waals surface area contributed by atoms with E-state index in [9.17, 15) is 18.0 Å². The molecule has 0 aliphatic carbocycles. The lowest BCUT2D eigenvalue weighted by Crippen LogP contribution is -2.46. The predicted molar refractivity (Wildman–Crippen MR) is 128 cm³/mol. The Bertz CT molecular complexity index is 1110. The first-order valence-electron chi connectivity index (χ1n) is 10.9. The Morgan fingerprint density at radius 1 is 1.03 bits per heavy atom. The fourth-order valence-corrected chi connectivity index (χ4v) is 5.25. The molecule has 1 unspecified atom stereocenters. The maximum absolute atomic E-state index is 13.2. The average molecular weight is 458 g/mol. The second-order valence-corrected chi connectivity index (χ2v) is 10.3. The molecule has 0 spiro atoms. The van der Waals surface area contributed by atoms with Crippen LogP contribution in [-0.2, 0) is 14.8 Å². The Morgan fingerprint density at radius 2 is 1.69 bits per heavy atom. The summed E-state index contributed by atoms with van der Waals surface area (Å²) in [5.41, 5.74) is 2.90. The van der Waals surface area contributed by atoms with Crippen LogP contribution in [-0.4, -0.2) is 50.5 Å². The summed E-state index contributed by atoms with van der Waals surface area (Å²) >= 11 is 0. The summed E-state index contributed by atoms with van der Waals surface area (Å²) in [5, 5.41) is 2.79. The highest BCUT2D eigenvalue weighted by Crippen LogP contribution is 2.27. The number of aryl methyl sites for hydroxylation is 2. The number of hydrogen-bond acceptors (Lipinski definition) is 4. The molecule has 2 aromatic rings. The zero-order chi connectivity index (χ0) is 23.5. The molecule has 32 heavy (non-hydrogen) atoms. The molecule has 1 heterocycles. The van der Waals surface area contributed by atoms with Crippen molar-refractivity contribution in [2.75, 3.05) is 29.0 Å². The van der Waals surface area contributed by atoms with Gasteiger partial charge in [-0.05, 0) is 69.4 Å². The van der Waals surface area contributed by atoms with E-state index in [4.69, 9.17) is 0 Å². The first kappa shape index (κ1) is 23.8. The van der Waals surface area contributed by atoms with E-state index in [0.29, 0.717) is 30.0 Å². The molecule has 0 saturated carbocycles. The molecule has 3 rings (SSSR count). The van der Waals surface area contributed by atoms with Gasteiger partial charge in [0.05, 0.1) is 23.2 Å². The van der Waals surface area contributed by atoms with Crippen LogP contribution in [0.4, 0.5) is 11.4 Å². The number of nitrogens with zero attached hydrogens (tertiary/aromatic N) is 2. The third-order valence-electron chi connectivity index (χ3n) is 5.75. The highest BCUT2D eigenvalue weighted by Gasteiger charge is 2.31. The number of likely N-dealkylation sites (tertiary alicyclic amines) is 1. The van der Waals surface area contributed by atoms with Crippen LogP contribution in [0.3, 0.4) is 0 Å². The minimum Gasteiger partial charge on any atom is -0.339 e. The normalized spacial score (nSPS) is 15.2. The second kappa shape index (κ2) is 9.73. The lowest BCUT2D eigenvalue weighted by Gasteiger charge is -2.30. The SMILES string of the molecule is Cc1ccc(C)c(N(C(C)C(=O)Nc2ccccc2C(=O)N2CCCCC2)S(C)(=O)=O)c1. The van der Waals surface area contributed by atoms with Gasteiger partial charge in [0.1, 0.15) is 6.04 Å². The molecule has 0 radical (unpaired) electrons. The fourth-order valence-electron chi connectivity index (χ4n) is 4.02. The van der Waals surface area contributed by atoms with Crippen molar-refractivity contribution in [2.45, 2.75) is 46.1 Å². The third-order valence-corrected chi connectivity index (χ3v) is 6.98. The van der Waals surface area contributed by atoms with Gasteiger partial charge < -0.3 is 10.2 Å². The van der Waals surface area contributed by atoms with Gasteiger partial charge in [0, 0.05) is 13.1 Å². The van der Waals surface area contributed by atoms with Crippen LogP contribution >= 0.6 is 0 Å². The van der Waals surface area contributed by atoms with Gasteiger partial charge in [-0.3, -0.25) is 13.9 Å². The Balaban J connectivity index is 1.89. The molecule has 2 amide bonds. The third kappa shape index (κ3) is 5.30. The van der Waals surface area contributed by atoms with Crippen LogP contribution in [0.2, 0.25) is 0 Å². The molecule has 1 fully saturated rings. The van der Waals surface area contributed by atoms with Crippen molar-refractivity contribution >= 4 is 33.2 Å². The number of benzene rings is 2. The maximum atomic E-state index is 13.2. The van der Waals surface area contributed by atoms with Gasteiger partial charge in [-0.1, -0.05) is 24.3 Å². The van der Waals surface area contributed by atoms with Crippen molar-refractivity contribution in [1.82, 2.24) is 4.90 Å². The minimum absolute atomic E-state index is 0.122. The van der Waals surface area contributed by atoms with E-state index in [1.807, 2.05) is 26.0 Å². The van der Waals surface area contributed by atoms with Gasteiger partial charge in [-0.25, -0.2) is 8.42 Å². The average Bonchev–Trinajstić information content (AvgIpc) is 2.75. The predicted octanol–water partition coefficient (Wildman–Crippen LogP) is 3.72. The van der Waals surface area contributed by atoms with E-state index in [1.54, 1.807) is 42.2 Å². The number of piperidine rings is 1. The number of nitrogens with one attached hydrogen (secondary N) is 1. The number of carbonyl (C=O) groups excluding carboxylic acids is 2. The molecule has 1 atom stereocenters. The number of hydrogen-bond donors (Lipinski definition) is 1. The monoisotopic (exact) mass is 457 g/mol. The van der Waals surface area contributed by atoms with Crippen LogP contribution in [0.1, 0.15) is 47.7 Å². The Kier molecular flexibility index (Phi) is 7.23. The largest absolute Gasteiger partial charge is 0.339 e. The molecule has 8 heteroatoms. The summed E-state index contributed by atoms with van der Waals surface area (Å²) in [7, 11) is -3.74. The summed E-state index contributed by atoms with van der Waals surface area (Å²) in [6.07, 6.45) is 4.14. The summed E-state index contributed by atoms with van der Waals surface area (Å²) < 4.78 is 26.5. The molecular formula is C24H31N3O4S. The molecule has 172 valence electrons. The van der Waals surface area contributed by atoms with Crippen molar-refractivity contribution in [1.29, 1.82) is 0 Å². The van der Waals surface area contributed by atoms with E-state index in [2.05, 4.69) is 5.32 Å². The molecule has 2 aromatic carbocycles. The molecule has 7 nitrogen and oxygen atoms in total. The maximum Gasteiger partial charge on any atom is 0.255 e. The highest BCUT2D eigenvalue weighted by molar-refractivity contribution is 7.92. The van der Waals surface area contributed by atoms with Crippen LogP contribution in [0.15, 0.2) is 42.5 Å². The summed E-state index contributed by atoms with van der Waals surface area (Å²) in [6, 6.07) is 11.3. The van der Waals surface area contributed by atoms with Gasteiger partial charge in [0.25, 0.3) is 5.91 Å². The zero-order valence-electron chi connectivity index (χ0n) is 19.1. The zero-order valence-corrected chi connectivity index (χ0v) is 19.9. The standard InChI is InChI=1S/C24H31N3O4S/c1-17-12-13-18(2)22(16-17)27(32(4,30)31)19(3)23(28)25-21-11-7-6-10-20(21)24(29)26-14-8-5-9-15-26/h6-7,10-13,16,19H,5,8-9,14-15H2,1-4H3,(H,25,28). The van der Waals surface area contributed by atoms with Gasteiger partial charge >= 0.3 is 0 Å². The van der Waals surface area contributed by atoms with Crippen LogP contribution in [0.5, 0.6) is 0 Å². The minimum atomic E-state index is -3.74. The summed E-state index contributed by atoms with van der Waals surface area (Å²) in [4.78, 5) is 28.0. The van der Waals surface area contributed by atoms with E-state index < -0.39 is 22.0 Å². The van der Waals surface area contributed by atoms with Crippen molar-refractivity contribution in [3.8, 4) is 0 Å². The first-order chi connectivity index (χ1) is 15.1. The van der Waals surface area contributed by atoms with Crippen molar-refractivity contribution in [3.63, 3.8) is 0 Å². The first-order valence-corrected chi connectivity index (χ1v) is 12.7. The molecule has 0 bridgehead atoms. The van der Waals surface area contributed by atoms with Crippen LogP contribution in [0.25, 0.3) is 0 Å². The van der Waals surface area contributed by atoms with Crippen molar-refractivity contribution in [3.05, 3.63) is 59.2 Å². The molecule has 1 aliphatic rings. The van der Waals surface area contributed by atoms with E-state index >= 15 is 0 Å². The van der Waals surface area contributed by atoms with Crippen molar-refractivity contribution in [2.24, 2.45) is 0 Å². The molecule has 1 N–H and O–H groups in total. The Labute approximate surface area is 190 Å². The highest BCUT2D eigenvalue weighted by atomic mass is 32.2. The van der Waals surface area contributed by atoms with Crippen molar-refractivity contribution < 1.29 is 18.0 Å². The van der Waals surface area contributed by atoms with E-state index in [0.717, 1.165) is 41.0 Å². The number of amides is 2. The molecule has 0 aromatic heterocycles. The number of carbonyl (C=O) groups is 2. The molecule has 1 saturated heterocycles. The molecule has 1 aliphatic heterocycles. The smallest absolute Gasteiger partial charge is 0.255 e. The lowest BCUT2D eigenvalue weighted by atomic mass is 10.1. The summed E-state index contributed by atoms with van der Waals surface area (Å²) in [6.45, 7) is 6.63. The van der Waals surface area contributed by atoms with Gasteiger partial charge in [-0.2, -0.15) is 0 Å². The van der Waals surface area contributed by atoms with E-state index in [-0.39, 0.29) is 5.91 Å². The van der Waals surface area contributed by atoms with Gasteiger partial charge in [0.2, 0.25) is 15.9 Å². The second-order valence-electron chi connectivity index (χ2n) is 8.41. The number of sulfonamides is 1. The Hall–Kier alpha value is -2.87. The number of anilines is 2. The van der Waals surface area contributed by atoms with Crippen LogP contribution in [0, 0.1) is 13.8 Å². The Morgan fingerprint density at radius 3 is 2.34 bits per heavy atom. The van der Waals surface area contributed by atoms with Crippen LogP contribution < -0.4 is 9.62 Å². The lowest BCUT2D eigenvalue weighted by molar-refractivity contribution is -0.116. The topological polar surface area (TPSA) is 86.8 Å². The summed E-state index contributed by atoms with van der Waals surface area (Å²) in [5.74, 6) is -0.627. The molecular weight excluding hydrogens is 426 g/mol. The quantitative estimate of drug-likeness (QED) is 0.716. The van der Waals surface area contributed by atoms with Gasteiger partial charge in [0.15, 0.2) is 0 Å². The number of para-hydroxylation sites is 1.